The highest BCUT2D eigenvalue weighted by atomic mass is 32.2. The van der Waals surface area contributed by atoms with E-state index in [4.69, 9.17) is 9.84 Å². The van der Waals surface area contributed by atoms with Gasteiger partial charge < -0.3 is 9.84 Å². The SMILES string of the molecule is CCSCCN1CCOC(CO)C1. The molecule has 4 heteroatoms. The first kappa shape index (κ1) is 11.3. The van der Waals surface area contributed by atoms with Crippen LogP contribution in [0.3, 0.4) is 0 Å². The Morgan fingerprint density at radius 3 is 3.15 bits per heavy atom. The van der Waals surface area contributed by atoms with Gasteiger partial charge in [0.25, 0.3) is 0 Å². The first-order chi connectivity index (χ1) is 6.36. The number of hydrogen-bond donors (Lipinski definition) is 1. The van der Waals surface area contributed by atoms with Crippen LogP contribution in [0.4, 0.5) is 0 Å². The van der Waals surface area contributed by atoms with Crippen molar-refractivity contribution in [1.82, 2.24) is 4.90 Å². The van der Waals surface area contributed by atoms with E-state index < -0.39 is 0 Å². The minimum atomic E-state index is 0.0420. The summed E-state index contributed by atoms with van der Waals surface area (Å²) in [4.78, 5) is 2.37. The lowest BCUT2D eigenvalue weighted by atomic mass is 10.3. The van der Waals surface area contributed by atoms with Gasteiger partial charge in [-0.3, -0.25) is 4.90 Å². The second-order valence-corrected chi connectivity index (χ2v) is 4.57. The van der Waals surface area contributed by atoms with E-state index in [9.17, 15) is 0 Å². The van der Waals surface area contributed by atoms with Crippen LogP contribution in [0.25, 0.3) is 0 Å². The molecule has 1 aliphatic rings. The predicted molar refractivity (Wildman–Crippen MR) is 56.3 cm³/mol. The van der Waals surface area contributed by atoms with Crippen LogP contribution in [0.1, 0.15) is 6.92 Å². The van der Waals surface area contributed by atoms with Gasteiger partial charge in [0, 0.05) is 25.4 Å². The van der Waals surface area contributed by atoms with Gasteiger partial charge in [0.2, 0.25) is 0 Å². The molecule has 1 saturated heterocycles. The summed E-state index contributed by atoms with van der Waals surface area (Å²) in [5, 5.41) is 8.92. The van der Waals surface area contributed by atoms with Crippen molar-refractivity contribution in [3.8, 4) is 0 Å². The lowest BCUT2D eigenvalue weighted by Crippen LogP contribution is -2.44. The molecule has 0 spiro atoms. The van der Waals surface area contributed by atoms with Crippen molar-refractivity contribution in [1.29, 1.82) is 0 Å². The fourth-order valence-corrected chi connectivity index (χ4v) is 2.11. The van der Waals surface area contributed by atoms with E-state index in [2.05, 4.69) is 11.8 Å². The molecule has 0 saturated carbocycles. The Kier molecular flexibility index (Phi) is 5.78. The predicted octanol–water partition coefficient (Wildman–Crippen LogP) is 0.433. The van der Waals surface area contributed by atoms with Gasteiger partial charge in [0.1, 0.15) is 0 Å². The molecule has 13 heavy (non-hydrogen) atoms. The minimum absolute atomic E-state index is 0.0420. The first-order valence-corrected chi connectivity index (χ1v) is 6.04. The molecule has 1 atom stereocenters. The summed E-state index contributed by atoms with van der Waals surface area (Å²) in [5.74, 6) is 2.38. The maximum atomic E-state index is 8.92. The molecule has 0 aromatic rings. The van der Waals surface area contributed by atoms with E-state index in [-0.39, 0.29) is 12.7 Å². The summed E-state index contributed by atoms with van der Waals surface area (Å²) in [6.07, 6.45) is 0.0420. The molecule has 1 aliphatic heterocycles. The van der Waals surface area contributed by atoms with Gasteiger partial charge >= 0.3 is 0 Å². The topological polar surface area (TPSA) is 32.7 Å². The van der Waals surface area contributed by atoms with Crippen LogP contribution in [-0.2, 0) is 4.74 Å². The summed E-state index contributed by atoms with van der Waals surface area (Å²) in [5.41, 5.74) is 0. The molecular weight excluding hydrogens is 186 g/mol. The summed E-state index contributed by atoms with van der Waals surface area (Å²) < 4.78 is 5.37. The van der Waals surface area contributed by atoms with Crippen LogP contribution in [0.2, 0.25) is 0 Å². The maximum Gasteiger partial charge on any atom is 0.0932 e. The van der Waals surface area contributed by atoms with Gasteiger partial charge in [-0.15, -0.1) is 0 Å². The molecule has 1 unspecified atom stereocenters. The molecule has 0 bridgehead atoms. The maximum absolute atomic E-state index is 8.92. The molecule has 0 aliphatic carbocycles. The highest BCUT2D eigenvalue weighted by Crippen LogP contribution is 2.06. The average molecular weight is 205 g/mol. The number of rotatable bonds is 5. The Morgan fingerprint density at radius 2 is 2.46 bits per heavy atom. The quantitative estimate of drug-likeness (QED) is 0.660. The zero-order valence-corrected chi connectivity index (χ0v) is 9.05. The summed E-state index contributed by atoms with van der Waals surface area (Å²) in [7, 11) is 0. The molecule has 1 fully saturated rings. The first-order valence-electron chi connectivity index (χ1n) is 4.89. The van der Waals surface area contributed by atoms with E-state index in [0.717, 1.165) is 26.2 Å². The number of nitrogens with zero attached hydrogens (tertiary/aromatic N) is 1. The van der Waals surface area contributed by atoms with E-state index in [1.165, 1.54) is 11.5 Å². The Balaban J connectivity index is 2.11. The monoisotopic (exact) mass is 205 g/mol. The van der Waals surface area contributed by atoms with E-state index in [0.29, 0.717) is 0 Å². The lowest BCUT2D eigenvalue weighted by molar-refractivity contribution is -0.0509. The Labute approximate surface area is 84.4 Å². The van der Waals surface area contributed by atoms with Gasteiger partial charge in [0.15, 0.2) is 0 Å². The summed E-state index contributed by atoms with van der Waals surface area (Å²) >= 11 is 1.97. The van der Waals surface area contributed by atoms with Crippen LogP contribution >= 0.6 is 11.8 Å². The third-order valence-electron chi connectivity index (χ3n) is 2.18. The van der Waals surface area contributed by atoms with Crippen LogP contribution in [-0.4, -0.2) is 60.5 Å². The standard InChI is InChI=1S/C9H19NO2S/c1-2-13-6-4-10-3-5-12-9(7-10)8-11/h9,11H,2-8H2,1H3. The smallest absolute Gasteiger partial charge is 0.0932 e. The summed E-state index contributed by atoms with van der Waals surface area (Å²) in [6.45, 7) is 6.12. The van der Waals surface area contributed by atoms with Gasteiger partial charge in [-0.2, -0.15) is 11.8 Å². The minimum Gasteiger partial charge on any atom is -0.394 e. The lowest BCUT2D eigenvalue weighted by Gasteiger charge is -2.31. The zero-order chi connectivity index (χ0) is 9.52. The number of hydrogen-bond acceptors (Lipinski definition) is 4. The van der Waals surface area contributed by atoms with Gasteiger partial charge in [-0.25, -0.2) is 0 Å². The molecule has 1 heterocycles. The van der Waals surface area contributed by atoms with Gasteiger partial charge in [-0.05, 0) is 5.75 Å². The molecule has 0 radical (unpaired) electrons. The van der Waals surface area contributed by atoms with E-state index in [1.807, 2.05) is 11.8 Å². The molecule has 0 amide bonds. The fourth-order valence-electron chi connectivity index (χ4n) is 1.43. The molecule has 3 nitrogen and oxygen atoms in total. The van der Waals surface area contributed by atoms with Crippen molar-refractivity contribution in [2.75, 3.05) is 44.4 Å². The molecule has 1 rings (SSSR count). The van der Waals surface area contributed by atoms with Crippen molar-refractivity contribution < 1.29 is 9.84 Å². The van der Waals surface area contributed by atoms with Gasteiger partial charge in [-0.1, -0.05) is 6.92 Å². The van der Waals surface area contributed by atoms with Gasteiger partial charge in [0.05, 0.1) is 19.3 Å². The molecule has 0 aromatic heterocycles. The summed E-state index contributed by atoms with van der Waals surface area (Å²) in [6, 6.07) is 0. The van der Waals surface area contributed by atoms with Crippen LogP contribution < -0.4 is 0 Å². The average Bonchev–Trinajstić information content (AvgIpc) is 2.19. The van der Waals surface area contributed by atoms with Crippen molar-refractivity contribution in [3.63, 3.8) is 0 Å². The fraction of sp³-hybridized carbons (Fsp3) is 1.00. The Bertz CT molecular complexity index is 135. The molecule has 78 valence electrons. The second-order valence-electron chi connectivity index (χ2n) is 3.17. The largest absolute Gasteiger partial charge is 0.394 e. The zero-order valence-electron chi connectivity index (χ0n) is 8.24. The normalized spacial score (nSPS) is 24.9. The van der Waals surface area contributed by atoms with Crippen molar-refractivity contribution in [2.24, 2.45) is 0 Å². The van der Waals surface area contributed by atoms with Crippen molar-refractivity contribution in [3.05, 3.63) is 0 Å². The number of aliphatic hydroxyl groups is 1. The Hall–Kier alpha value is 0.230. The number of morpholine rings is 1. The van der Waals surface area contributed by atoms with Crippen LogP contribution in [0.5, 0.6) is 0 Å². The third-order valence-corrected chi connectivity index (χ3v) is 3.06. The molecule has 1 N–H and O–H groups in total. The number of aliphatic hydroxyl groups excluding tert-OH is 1. The molecule has 0 aromatic carbocycles. The highest BCUT2D eigenvalue weighted by Gasteiger charge is 2.18. The van der Waals surface area contributed by atoms with E-state index in [1.54, 1.807) is 0 Å². The number of thioether (sulfide) groups is 1. The third kappa shape index (κ3) is 4.31. The number of ether oxygens (including phenoxy) is 1. The van der Waals surface area contributed by atoms with E-state index >= 15 is 0 Å². The second kappa shape index (κ2) is 6.65. The van der Waals surface area contributed by atoms with Crippen molar-refractivity contribution >= 4 is 11.8 Å². The highest BCUT2D eigenvalue weighted by molar-refractivity contribution is 7.99. The van der Waals surface area contributed by atoms with Crippen LogP contribution in [0, 0.1) is 0 Å². The molecular formula is C9H19NO2S. The van der Waals surface area contributed by atoms with Crippen molar-refractivity contribution in [2.45, 2.75) is 13.0 Å². The van der Waals surface area contributed by atoms with Crippen LogP contribution in [0.15, 0.2) is 0 Å². The Morgan fingerprint density at radius 1 is 1.62 bits per heavy atom.